The zero-order chi connectivity index (χ0) is 14.7. The molecule has 1 saturated carbocycles. The van der Waals surface area contributed by atoms with Gasteiger partial charge in [0.1, 0.15) is 17.2 Å². The fourth-order valence-corrected chi connectivity index (χ4v) is 2.77. The van der Waals surface area contributed by atoms with E-state index < -0.39 is 0 Å². The van der Waals surface area contributed by atoms with Crippen LogP contribution in [0.1, 0.15) is 47.0 Å². The van der Waals surface area contributed by atoms with Crippen LogP contribution in [0.25, 0.3) is 0 Å². The quantitative estimate of drug-likeness (QED) is 0.836. The standard InChI is InChI=1S/C17H27NO2/c1-11(2)19-15-6-5-7-16(17(15)18)20-14-9-8-12(3)13(4)10-14/h5-7,11-14H,8-10,18H2,1-4H3. The number of hydrogen-bond acceptors (Lipinski definition) is 3. The summed E-state index contributed by atoms with van der Waals surface area (Å²) in [6, 6.07) is 5.78. The van der Waals surface area contributed by atoms with Gasteiger partial charge in [0, 0.05) is 0 Å². The van der Waals surface area contributed by atoms with E-state index in [-0.39, 0.29) is 12.2 Å². The minimum Gasteiger partial charge on any atom is -0.489 e. The van der Waals surface area contributed by atoms with E-state index in [1.807, 2.05) is 32.0 Å². The molecule has 2 N–H and O–H groups in total. The second kappa shape index (κ2) is 6.38. The third kappa shape index (κ3) is 3.59. The third-order valence-electron chi connectivity index (χ3n) is 4.23. The van der Waals surface area contributed by atoms with E-state index in [0.717, 1.165) is 30.3 Å². The molecule has 1 aromatic carbocycles. The van der Waals surface area contributed by atoms with Gasteiger partial charge in [0.05, 0.1) is 12.2 Å². The maximum absolute atomic E-state index is 6.16. The highest BCUT2D eigenvalue weighted by atomic mass is 16.5. The fourth-order valence-electron chi connectivity index (χ4n) is 2.77. The minimum atomic E-state index is 0.114. The second-order valence-corrected chi connectivity index (χ2v) is 6.34. The predicted molar refractivity (Wildman–Crippen MR) is 83.2 cm³/mol. The first-order valence-corrected chi connectivity index (χ1v) is 7.69. The Balaban J connectivity index is 2.06. The number of ether oxygens (including phenoxy) is 2. The molecule has 3 unspecified atom stereocenters. The summed E-state index contributed by atoms with van der Waals surface area (Å²) in [7, 11) is 0. The smallest absolute Gasteiger partial charge is 0.146 e. The molecule has 1 aliphatic rings. The zero-order valence-electron chi connectivity index (χ0n) is 13.1. The van der Waals surface area contributed by atoms with Crippen molar-refractivity contribution in [3.05, 3.63) is 18.2 Å². The van der Waals surface area contributed by atoms with Gasteiger partial charge in [-0.3, -0.25) is 0 Å². The van der Waals surface area contributed by atoms with Gasteiger partial charge in [0.2, 0.25) is 0 Å². The minimum absolute atomic E-state index is 0.114. The first-order chi connectivity index (χ1) is 9.47. The second-order valence-electron chi connectivity index (χ2n) is 6.34. The molecule has 0 spiro atoms. The first kappa shape index (κ1) is 15.0. The number of hydrogen-bond donors (Lipinski definition) is 1. The van der Waals surface area contributed by atoms with Crippen molar-refractivity contribution in [3.63, 3.8) is 0 Å². The fraction of sp³-hybridized carbons (Fsp3) is 0.647. The van der Waals surface area contributed by atoms with Crippen LogP contribution in [-0.4, -0.2) is 12.2 Å². The van der Waals surface area contributed by atoms with E-state index >= 15 is 0 Å². The summed E-state index contributed by atoms with van der Waals surface area (Å²) in [6.07, 6.45) is 3.84. The highest BCUT2D eigenvalue weighted by molar-refractivity contribution is 5.62. The summed E-state index contributed by atoms with van der Waals surface area (Å²) >= 11 is 0. The van der Waals surface area contributed by atoms with E-state index in [1.54, 1.807) is 0 Å². The monoisotopic (exact) mass is 277 g/mol. The average molecular weight is 277 g/mol. The molecule has 0 aliphatic heterocycles. The largest absolute Gasteiger partial charge is 0.489 e. The van der Waals surface area contributed by atoms with Crippen molar-refractivity contribution >= 4 is 5.69 Å². The Morgan fingerprint density at radius 1 is 1.10 bits per heavy atom. The summed E-state index contributed by atoms with van der Waals surface area (Å²) in [4.78, 5) is 0. The molecule has 1 fully saturated rings. The van der Waals surface area contributed by atoms with Gasteiger partial charge in [0.25, 0.3) is 0 Å². The predicted octanol–water partition coefficient (Wildman–Crippen LogP) is 4.26. The maximum Gasteiger partial charge on any atom is 0.146 e. The Morgan fingerprint density at radius 2 is 1.80 bits per heavy atom. The maximum atomic E-state index is 6.16. The molecule has 3 atom stereocenters. The number of para-hydroxylation sites is 1. The normalized spacial score (nSPS) is 26.6. The summed E-state index contributed by atoms with van der Waals surface area (Å²) in [5.74, 6) is 2.98. The van der Waals surface area contributed by atoms with Gasteiger partial charge in [0.15, 0.2) is 0 Å². The molecule has 2 rings (SSSR count). The average Bonchev–Trinajstić information content (AvgIpc) is 2.38. The number of nitrogens with two attached hydrogens (primary N) is 1. The van der Waals surface area contributed by atoms with Gasteiger partial charge in [-0.1, -0.05) is 19.9 Å². The van der Waals surface area contributed by atoms with Gasteiger partial charge in [-0.05, 0) is 57.1 Å². The number of rotatable bonds is 4. The molecule has 20 heavy (non-hydrogen) atoms. The van der Waals surface area contributed by atoms with Crippen molar-refractivity contribution in [3.8, 4) is 11.5 Å². The third-order valence-corrected chi connectivity index (χ3v) is 4.23. The molecule has 3 nitrogen and oxygen atoms in total. The zero-order valence-corrected chi connectivity index (χ0v) is 13.1. The summed E-state index contributed by atoms with van der Waals surface area (Å²) in [5.41, 5.74) is 6.78. The Morgan fingerprint density at radius 3 is 2.45 bits per heavy atom. The van der Waals surface area contributed by atoms with Gasteiger partial charge in [-0.25, -0.2) is 0 Å². The van der Waals surface area contributed by atoms with Crippen molar-refractivity contribution < 1.29 is 9.47 Å². The topological polar surface area (TPSA) is 44.5 Å². The molecule has 0 radical (unpaired) electrons. The summed E-state index contributed by atoms with van der Waals surface area (Å²) in [5, 5.41) is 0. The van der Waals surface area contributed by atoms with Crippen LogP contribution in [0.3, 0.4) is 0 Å². The van der Waals surface area contributed by atoms with Crippen molar-refractivity contribution in [1.29, 1.82) is 0 Å². The Kier molecular flexibility index (Phi) is 4.79. The molecule has 112 valence electrons. The molecule has 1 aromatic rings. The lowest BCUT2D eigenvalue weighted by Crippen LogP contribution is -2.29. The van der Waals surface area contributed by atoms with Gasteiger partial charge < -0.3 is 15.2 Å². The van der Waals surface area contributed by atoms with Crippen LogP contribution in [0.5, 0.6) is 11.5 Å². The van der Waals surface area contributed by atoms with E-state index in [4.69, 9.17) is 15.2 Å². The van der Waals surface area contributed by atoms with Crippen molar-refractivity contribution in [2.24, 2.45) is 11.8 Å². The lowest BCUT2D eigenvalue weighted by Gasteiger charge is -2.32. The molecule has 0 saturated heterocycles. The van der Waals surface area contributed by atoms with Crippen molar-refractivity contribution in [2.75, 3.05) is 5.73 Å². The summed E-state index contributed by atoms with van der Waals surface area (Å²) < 4.78 is 11.8. The van der Waals surface area contributed by atoms with Crippen LogP contribution in [0, 0.1) is 11.8 Å². The molecular weight excluding hydrogens is 250 g/mol. The van der Waals surface area contributed by atoms with Crippen LogP contribution in [0.15, 0.2) is 18.2 Å². The first-order valence-electron chi connectivity index (χ1n) is 7.69. The van der Waals surface area contributed by atoms with E-state index in [2.05, 4.69) is 13.8 Å². The SMILES string of the molecule is CC(C)Oc1cccc(OC2CCC(C)C(C)C2)c1N. The molecule has 1 aliphatic carbocycles. The highest BCUT2D eigenvalue weighted by Crippen LogP contribution is 2.36. The Hall–Kier alpha value is -1.38. The number of anilines is 1. The van der Waals surface area contributed by atoms with Crippen LogP contribution >= 0.6 is 0 Å². The van der Waals surface area contributed by atoms with Crippen molar-refractivity contribution in [2.45, 2.75) is 59.2 Å². The molecule has 0 heterocycles. The van der Waals surface area contributed by atoms with Gasteiger partial charge >= 0.3 is 0 Å². The molecule has 0 amide bonds. The number of nitrogen functional groups attached to an aromatic ring is 1. The van der Waals surface area contributed by atoms with E-state index in [9.17, 15) is 0 Å². The molecule has 0 aromatic heterocycles. The van der Waals surface area contributed by atoms with Crippen molar-refractivity contribution in [1.82, 2.24) is 0 Å². The highest BCUT2D eigenvalue weighted by Gasteiger charge is 2.26. The Bertz CT molecular complexity index is 445. The molecular formula is C17H27NO2. The van der Waals surface area contributed by atoms with Crippen LogP contribution in [-0.2, 0) is 0 Å². The van der Waals surface area contributed by atoms with Crippen LogP contribution in [0.2, 0.25) is 0 Å². The lowest BCUT2D eigenvalue weighted by atomic mass is 9.80. The van der Waals surface area contributed by atoms with Crippen LogP contribution in [0.4, 0.5) is 5.69 Å². The molecule has 3 heteroatoms. The number of benzene rings is 1. The van der Waals surface area contributed by atoms with Crippen LogP contribution < -0.4 is 15.2 Å². The van der Waals surface area contributed by atoms with Gasteiger partial charge in [-0.2, -0.15) is 0 Å². The summed E-state index contributed by atoms with van der Waals surface area (Å²) in [6.45, 7) is 8.63. The van der Waals surface area contributed by atoms with Gasteiger partial charge in [-0.15, -0.1) is 0 Å². The van der Waals surface area contributed by atoms with E-state index in [0.29, 0.717) is 11.6 Å². The van der Waals surface area contributed by atoms with E-state index in [1.165, 1.54) is 6.42 Å². The molecule has 0 bridgehead atoms. The lowest BCUT2D eigenvalue weighted by molar-refractivity contribution is 0.101. The Labute approximate surface area is 122 Å².